The monoisotopic (exact) mass is 283 g/mol. The van der Waals surface area contributed by atoms with Crippen molar-refractivity contribution in [1.82, 2.24) is 5.32 Å². The van der Waals surface area contributed by atoms with Crippen molar-refractivity contribution in [2.45, 2.75) is 25.4 Å². The highest BCUT2D eigenvalue weighted by Crippen LogP contribution is 2.27. The third-order valence-electron chi connectivity index (χ3n) is 3.95. The molecule has 0 saturated carbocycles. The van der Waals surface area contributed by atoms with Crippen LogP contribution in [0.15, 0.2) is 54.6 Å². The van der Waals surface area contributed by atoms with Crippen molar-refractivity contribution in [3.63, 3.8) is 0 Å². The van der Waals surface area contributed by atoms with Crippen molar-refractivity contribution in [2.75, 3.05) is 11.5 Å². The van der Waals surface area contributed by atoms with E-state index in [2.05, 4.69) is 78.6 Å². The number of hydrogen-bond donors (Lipinski definition) is 1. The summed E-state index contributed by atoms with van der Waals surface area (Å²) in [5, 5.41) is 3.76. The van der Waals surface area contributed by atoms with Crippen molar-refractivity contribution in [2.24, 2.45) is 0 Å². The SMILES string of the molecule is CCC1CSCC(c2ccc(-c3ccccc3)cc2)N1. The maximum atomic E-state index is 3.76. The molecule has 20 heavy (non-hydrogen) atoms. The molecule has 2 heteroatoms. The van der Waals surface area contributed by atoms with E-state index >= 15 is 0 Å². The fraction of sp³-hybridized carbons (Fsp3) is 0.333. The van der Waals surface area contributed by atoms with E-state index in [1.807, 2.05) is 0 Å². The van der Waals surface area contributed by atoms with Crippen molar-refractivity contribution in [3.05, 3.63) is 60.2 Å². The number of rotatable bonds is 3. The van der Waals surface area contributed by atoms with E-state index in [4.69, 9.17) is 0 Å². The lowest BCUT2D eigenvalue weighted by Crippen LogP contribution is -2.39. The molecule has 0 amide bonds. The number of thioether (sulfide) groups is 1. The molecule has 1 N–H and O–H groups in total. The highest BCUT2D eigenvalue weighted by molar-refractivity contribution is 7.99. The van der Waals surface area contributed by atoms with Crippen LogP contribution in [-0.4, -0.2) is 17.5 Å². The molecule has 1 aliphatic heterocycles. The minimum atomic E-state index is 0.503. The van der Waals surface area contributed by atoms with Gasteiger partial charge in [0.1, 0.15) is 0 Å². The highest BCUT2D eigenvalue weighted by atomic mass is 32.2. The molecule has 2 aromatic carbocycles. The summed E-state index contributed by atoms with van der Waals surface area (Å²) in [6.45, 7) is 2.26. The van der Waals surface area contributed by atoms with Crippen LogP contribution in [0, 0.1) is 0 Å². The Kier molecular flexibility index (Phi) is 4.44. The van der Waals surface area contributed by atoms with E-state index in [0.29, 0.717) is 12.1 Å². The standard InChI is InChI=1S/C18H21NS/c1-2-17-12-20-13-18(19-17)16-10-8-15(9-11-16)14-6-4-3-5-7-14/h3-11,17-19H,2,12-13H2,1H3. The zero-order valence-electron chi connectivity index (χ0n) is 11.9. The zero-order valence-corrected chi connectivity index (χ0v) is 12.7. The number of benzene rings is 2. The molecule has 1 aliphatic rings. The van der Waals surface area contributed by atoms with Crippen LogP contribution in [0.2, 0.25) is 0 Å². The lowest BCUT2D eigenvalue weighted by molar-refractivity contribution is 0.466. The zero-order chi connectivity index (χ0) is 13.8. The predicted octanol–water partition coefficient (Wildman–Crippen LogP) is 4.51. The summed E-state index contributed by atoms with van der Waals surface area (Å²) in [5.74, 6) is 2.43. The minimum Gasteiger partial charge on any atom is -0.306 e. The normalized spacial score (nSPS) is 22.6. The van der Waals surface area contributed by atoms with Gasteiger partial charge in [-0.3, -0.25) is 0 Å². The summed E-state index contributed by atoms with van der Waals surface area (Å²) in [4.78, 5) is 0. The third-order valence-corrected chi connectivity index (χ3v) is 5.16. The molecule has 1 heterocycles. The molecule has 2 unspecified atom stereocenters. The Balaban J connectivity index is 1.76. The van der Waals surface area contributed by atoms with E-state index in [1.54, 1.807) is 0 Å². The Morgan fingerprint density at radius 1 is 0.950 bits per heavy atom. The number of hydrogen-bond acceptors (Lipinski definition) is 2. The van der Waals surface area contributed by atoms with Crippen LogP contribution < -0.4 is 5.32 Å². The molecule has 2 atom stereocenters. The summed E-state index contributed by atoms with van der Waals surface area (Å²) in [5.41, 5.74) is 4.00. The Hall–Kier alpha value is -1.25. The third kappa shape index (κ3) is 3.08. The maximum absolute atomic E-state index is 3.76. The summed E-state index contributed by atoms with van der Waals surface area (Å²) in [6, 6.07) is 20.8. The Bertz CT molecular complexity index is 535. The Labute approximate surface area is 125 Å². The van der Waals surface area contributed by atoms with E-state index in [9.17, 15) is 0 Å². The van der Waals surface area contributed by atoms with Crippen molar-refractivity contribution in [1.29, 1.82) is 0 Å². The fourth-order valence-corrected chi connectivity index (χ4v) is 3.95. The molecule has 3 rings (SSSR count). The summed E-state index contributed by atoms with van der Waals surface area (Å²) in [6.07, 6.45) is 1.21. The van der Waals surface area contributed by atoms with Crippen molar-refractivity contribution in [3.8, 4) is 11.1 Å². The van der Waals surface area contributed by atoms with Gasteiger partial charge in [0.05, 0.1) is 0 Å². The predicted molar refractivity (Wildman–Crippen MR) is 89.2 cm³/mol. The van der Waals surface area contributed by atoms with Gasteiger partial charge in [0.15, 0.2) is 0 Å². The Morgan fingerprint density at radius 3 is 2.35 bits per heavy atom. The second-order valence-corrected chi connectivity index (χ2v) is 6.42. The first-order chi connectivity index (χ1) is 9.86. The summed E-state index contributed by atoms with van der Waals surface area (Å²) in [7, 11) is 0. The smallest absolute Gasteiger partial charge is 0.0414 e. The Morgan fingerprint density at radius 2 is 1.65 bits per heavy atom. The molecule has 1 fully saturated rings. The van der Waals surface area contributed by atoms with Gasteiger partial charge in [-0.25, -0.2) is 0 Å². The largest absolute Gasteiger partial charge is 0.306 e. The molecular formula is C18H21NS. The van der Waals surface area contributed by atoms with Crippen LogP contribution in [0.5, 0.6) is 0 Å². The minimum absolute atomic E-state index is 0.503. The van der Waals surface area contributed by atoms with Crippen molar-refractivity contribution >= 4 is 11.8 Å². The van der Waals surface area contributed by atoms with Gasteiger partial charge in [-0.15, -0.1) is 0 Å². The van der Waals surface area contributed by atoms with Gasteiger partial charge in [-0.1, -0.05) is 61.5 Å². The summed E-state index contributed by atoms with van der Waals surface area (Å²) < 4.78 is 0. The molecule has 0 aromatic heterocycles. The molecule has 0 radical (unpaired) electrons. The molecule has 0 bridgehead atoms. The van der Waals surface area contributed by atoms with Gasteiger partial charge in [-0.2, -0.15) is 11.8 Å². The van der Waals surface area contributed by atoms with Crippen LogP contribution in [0.4, 0.5) is 0 Å². The van der Waals surface area contributed by atoms with Crippen LogP contribution in [0.1, 0.15) is 24.9 Å². The van der Waals surface area contributed by atoms with Gasteiger partial charge in [-0.05, 0) is 23.1 Å². The molecule has 0 spiro atoms. The van der Waals surface area contributed by atoms with E-state index in [0.717, 1.165) is 0 Å². The summed E-state index contributed by atoms with van der Waals surface area (Å²) >= 11 is 2.07. The molecular weight excluding hydrogens is 262 g/mol. The van der Waals surface area contributed by atoms with Crippen LogP contribution in [-0.2, 0) is 0 Å². The lowest BCUT2D eigenvalue weighted by atomic mass is 10.0. The first-order valence-electron chi connectivity index (χ1n) is 7.36. The average Bonchev–Trinajstić information content (AvgIpc) is 2.56. The molecule has 104 valence electrons. The molecule has 2 aromatic rings. The topological polar surface area (TPSA) is 12.0 Å². The number of nitrogens with one attached hydrogen (secondary N) is 1. The van der Waals surface area contributed by atoms with E-state index in [-0.39, 0.29) is 0 Å². The molecule has 0 aliphatic carbocycles. The second-order valence-electron chi connectivity index (χ2n) is 5.35. The van der Waals surface area contributed by atoms with Gasteiger partial charge in [0, 0.05) is 23.6 Å². The van der Waals surface area contributed by atoms with Crippen LogP contribution >= 0.6 is 11.8 Å². The molecule has 1 saturated heterocycles. The quantitative estimate of drug-likeness (QED) is 0.889. The van der Waals surface area contributed by atoms with Gasteiger partial charge in [0.25, 0.3) is 0 Å². The van der Waals surface area contributed by atoms with Crippen LogP contribution in [0.3, 0.4) is 0 Å². The second kappa shape index (κ2) is 6.47. The first-order valence-corrected chi connectivity index (χ1v) is 8.51. The van der Waals surface area contributed by atoms with Gasteiger partial charge >= 0.3 is 0 Å². The first kappa shape index (κ1) is 13.7. The van der Waals surface area contributed by atoms with E-state index in [1.165, 1.54) is 34.6 Å². The average molecular weight is 283 g/mol. The fourth-order valence-electron chi connectivity index (χ4n) is 2.68. The van der Waals surface area contributed by atoms with E-state index < -0.39 is 0 Å². The highest BCUT2D eigenvalue weighted by Gasteiger charge is 2.21. The van der Waals surface area contributed by atoms with Crippen LogP contribution in [0.25, 0.3) is 11.1 Å². The van der Waals surface area contributed by atoms with Gasteiger partial charge in [0.2, 0.25) is 0 Å². The van der Waals surface area contributed by atoms with Gasteiger partial charge < -0.3 is 5.32 Å². The maximum Gasteiger partial charge on any atom is 0.0414 e. The van der Waals surface area contributed by atoms with Crippen molar-refractivity contribution < 1.29 is 0 Å². The lowest BCUT2D eigenvalue weighted by Gasteiger charge is -2.30. The molecule has 1 nitrogen and oxygen atoms in total.